The van der Waals surface area contributed by atoms with Gasteiger partial charge in [0.1, 0.15) is 10.7 Å². The van der Waals surface area contributed by atoms with Crippen LogP contribution >= 0.6 is 46.0 Å². The van der Waals surface area contributed by atoms with Gasteiger partial charge in [0.2, 0.25) is 5.91 Å². The molecule has 0 aliphatic carbocycles. The van der Waals surface area contributed by atoms with Crippen LogP contribution in [0.5, 0.6) is 0 Å². The minimum atomic E-state index is -0.268. The lowest BCUT2D eigenvalue weighted by Gasteiger charge is -2.16. The van der Waals surface area contributed by atoms with Crippen molar-refractivity contribution in [1.29, 1.82) is 0 Å². The Balaban J connectivity index is 1.63. The fourth-order valence-corrected chi connectivity index (χ4v) is 5.49. The number of halogens is 1. The smallest absolute Gasteiger partial charge is 0.259 e. The molecule has 0 fully saturated rings. The average molecular weight is 442 g/mol. The van der Waals surface area contributed by atoms with E-state index in [4.69, 9.17) is 11.6 Å². The summed E-state index contributed by atoms with van der Waals surface area (Å²) in [6.45, 7) is 7.72. The number of hydrogen-bond acceptors (Lipinski definition) is 6. The Morgan fingerprint density at radius 2 is 2.07 bits per heavy atom. The first-order valence-corrected chi connectivity index (χ1v) is 11.5. The molecule has 27 heavy (non-hydrogen) atoms. The third-order valence-electron chi connectivity index (χ3n) is 4.31. The van der Waals surface area contributed by atoms with E-state index in [1.807, 2.05) is 39.8 Å². The normalized spacial score (nSPS) is 13.7. The molecule has 0 spiro atoms. The SMILES string of the molecule is Cc1sc2nc(CSC(C)C(=O)NC(C)c3ccc(Cl)s3)[nH]c(=O)c2c1C. The molecule has 3 aromatic heterocycles. The van der Waals surface area contributed by atoms with Gasteiger partial charge in [0.05, 0.1) is 26.8 Å². The number of thiophene rings is 2. The van der Waals surface area contributed by atoms with E-state index in [9.17, 15) is 9.59 Å². The maximum absolute atomic E-state index is 12.4. The third-order valence-corrected chi connectivity index (χ3v) is 7.98. The minimum Gasteiger partial charge on any atom is -0.348 e. The molecule has 144 valence electrons. The molecule has 2 unspecified atom stereocenters. The summed E-state index contributed by atoms with van der Waals surface area (Å²) in [5.74, 6) is 1.01. The molecule has 0 aliphatic rings. The van der Waals surface area contributed by atoms with E-state index in [0.717, 1.165) is 20.1 Å². The van der Waals surface area contributed by atoms with Gasteiger partial charge in [0, 0.05) is 9.75 Å². The van der Waals surface area contributed by atoms with E-state index < -0.39 is 0 Å². The predicted octanol–water partition coefficient (Wildman–Crippen LogP) is 4.82. The number of H-pyrrole nitrogens is 1. The van der Waals surface area contributed by atoms with Crippen molar-refractivity contribution in [3.8, 4) is 0 Å². The lowest BCUT2D eigenvalue weighted by molar-refractivity contribution is -0.120. The van der Waals surface area contributed by atoms with Crippen LogP contribution in [0.25, 0.3) is 10.2 Å². The standard InChI is InChI=1S/C18H20ClN3O2S3/c1-8-10(3)26-18-15(8)17(24)21-14(22-18)7-25-11(4)16(23)20-9(2)12-5-6-13(19)27-12/h5-6,9,11H,7H2,1-4H3,(H,20,23)(H,21,22,24). The van der Waals surface area contributed by atoms with Crippen molar-refractivity contribution >= 4 is 62.2 Å². The summed E-state index contributed by atoms with van der Waals surface area (Å²) in [5, 5.41) is 3.40. The zero-order valence-corrected chi connectivity index (χ0v) is 18.6. The van der Waals surface area contributed by atoms with Crippen LogP contribution < -0.4 is 10.9 Å². The number of aryl methyl sites for hydroxylation is 2. The second kappa shape index (κ2) is 8.34. The lowest BCUT2D eigenvalue weighted by Crippen LogP contribution is -2.32. The Morgan fingerprint density at radius 1 is 1.33 bits per heavy atom. The number of carbonyl (C=O) groups excluding carboxylic acids is 1. The molecule has 0 radical (unpaired) electrons. The van der Waals surface area contributed by atoms with E-state index in [2.05, 4.69) is 15.3 Å². The largest absolute Gasteiger partial charge is 0.348 e. The van der Waals surface area contributed by atoms with Crippen LogP contribution in [0.4, 0.5) is 0 Å². The number of hydrogen-bond donors (Lipinski definition) is 2. The number of aromatic nitrogens is 2. The number of fused-ring (bicyclic) bond motifs is 1. The highest BCUT2D eigenvalue weighted by Gasteiger charge is 2.19. The highest BCUT2D eigenvalue weighted by atomic mass is 35.5. The van der Waals surface area contributed by atoms with E-state index >= 15 is 0 Å². The molecule has 0 saturated carbocycles. The van der Waals surface area contributed by atoms with Gasteiger partial charge in [-0.25, -0.2) is 4.98 Å². The molecule has 0 aliphatic heterocycles. The number of thioether (sulfide) groups is 1. The Hall–Kier alpha value is -1.35. The van der Waals surface area contributed by atoms with Gasteiger partial charge in [-0.1, -0.05) is 11.6 Å². The summed E-state index contributed by atoms with van der Waals surface area (Å²) in [7, 11) is 0. The number of nitrogens with zero attached hydrogens (tertiary/aromatic N) is 1. The Kier molecular flexibility index (Phi) is 6.30. The molecular weight excluding hydrogens is 422 g/mol. The van der Waals surface area contributed by atoms with Gasteiger partial charge in [-0.3, -0.25) is 9.59 Å². The summed E-state index contributed by atoms with van der Waals surface area (Å²) < 4.78 is 0.706. The zero-order chi connectivity index (χ0) is 19.7. The molecule has 1 amide bonds. The monoisotopic (exact) mass is 441 g/mol. The lowest BCUT2D eigenvalue weighted by atomic mass is 10.2. The zero-order valence-electron chi connectivity index (χ0n) is 15.4. The van der Waals surface area contributed by atoms with Crippen molar-refractivity contribution < 1.29 is 4.79 Å². The van der Waals surface area contributed by atoms with Gasteiger partial charge in [0.15, 0.2) is 0 Å². The van der Waals surface area contributed by atoms with Crippen LogP contribution in [-0.4, -0.2) is 21.1 Å². The summed E-state index contributed by atoms with van der Waals surface area (Å²) in [6, 6.07) is 3.66. The molecule has 9 heteroatoms. The number of amides is 1. The van der Waals surface area contributed by atoms with Gasteiger partial charge in [-0.15, -0.1) is 34.4 Å². The number of nitrogens with one attached hydrogen (secondary N) is 2. The second-order valence-electron chi connectivity index (χ2n) is 6.30. The van der Waals surface area contributed by atoms with E-state index in [1.165, 1.54) is 34.4 Å². The Morgan fingerprint density at radius 3 is 2.74 bits per heavy atom. The van der Waals surface area contributed by atoms with Crippen LogP contribution in [0.1, 0.15) is 41.0 Å². The summed E-state index contributed by atoms with van der Waals surface area (Å²) in [5.41, 5.74) is 0.871. The van der Waals surface area contributed by atoms with Crippen molar-refractivity contribution in [3.05, 3.63) is 48.0 Å². The number of rotatable bonds is 6. The van der Waals surface area contributed by atoms with Crippen LogP contribution in [0.3, 0.4) is 0 Å². The van der Waals surface area contributed by atoms with Crippen molar-refractivity contribution in [2.45, 2.75) is 44.7 Å². The van der Waals surface area contributed by atoms with E-state index in [0.29, 0.717) is 21.3 Å². The first-order chi connectivity index (χ1) is 12.8. The molecule has 2 N–H and O–H groups in total. The van der Waals surface area contributed by atoms with Crippen LogP contribution in [-0.2, 0) is 10.5 Å². The third kappa shape index (κ3) is 4.56. The molecule has 3 heterocycles. The Labute approximate surface area is 174 Å². The summed E-state index contributed by atoms with van der Waals surface area (Å²) >= 11 is 10.4. The van der Waals surface area contributed by atoms with Gasteiger partial charge >= 0.3 is 0 Å². The summed E-state index contributed by atoms with van der Waals surface area (Å²) in [4.78, 5) is 35.0. The Bertz CT molecular complexity index is 1040. The van der Waals surface area contributed by atoms with Gasteiger partial charge in [-0.2, -0.15) is 0 Å². The van der Waals surface area contributed by atoms with Gasteiger partial charge < -0.3 is 10.3 Å². The highest BCUT2D eigenvalue weighted by Crippen LogP contribution is 2.28. The van der Waals surface area contributed by atoms with Gasteiger partial charge in [0.25, 0.3) is 5.56 Å². The van der Waals surface area contributed by atoms with Crippen LogP contribution in [0, 0.1) is 13.8 Å². The fourth-order valence-electron chi connectivity index (χ4n) is 2.61. The number of aromatic amines is 1. The molecule has 2 atom stereocenters. The molecule has 0 saturated heterocycles. The molecule has 5 nitrogen and oxygen atoms in total. The van der Waals surface area contributed by atoms with Gasteiger partial charge in [-0.05, 0) is 45.4 Å². The first-order valence-electron chi connectivity index (χ1n) is 8.42. The predicted molar refractivity (Wildman–Crippen MR) is 116 cm³/mol. The second-order valence-corrected chi connectivity index (χ2v) is 10.6. The molecular formula is C18H20ClN3O2S3. The van der Waals surface area contributed by atoms with E-state index in [1.54, 1.807) is 0 Å². The van der Waals surface area contributed by atoms with Crippen molar-refractivity contribution in [2.75, 3.05) is 0 Å². The van der Waals surface area contributed by atoms with Crippen molar-refractivity contribution in [1.82, 2.24) is 15.3 Å². The molecule has 0 aromatic carbocycles. The topological polar surface area (TPSA) is 74.8 Å². The van der Waals surface area contributed by atoms with Crippen LogP contribution in [0.2, 0.25) is 4.34 Å². The highest BCUT2D eigenvalue weighted by molar-refractivity contribution is 7.99. The quantitative estimate of drug-likeness (QED) is 0.575. The van der Waals surface area contributed by atoms with Crippen molar-refractivity contribution in [3.63, 3.8) is 0 Å². The first kappa shape index (κ1) is 20.4. The van der Waals surface area contributed by atoms with Crippen molar-refractivity contribution in [2.24, 2.45) is 0 Å². The maximum Gasteiger partial charge on any atom is 0.259 e. The molecule has 0 bridgehead atoms. The minimum absolute atomic E-state index is 0.0525. The van der Waals surface area contributed by atoms with Crippen LogP contribution in [0.15, 0.2) is 16.9 Å². The van der Waals surface area contributed by atoms with E-state index in [-0.39, 0.29) is 22.8 Å². The maximum atomic E-state index is 12.4. The average Bonchev–Trinajstić information content (AvgIpc) is 3.16. The molecule has 3 rings (SSSR count). The number of carbonyl (C=O) groups is 1. The summed E-state index contributed by atoms with van der Waals surface area (Å²) in [6.07, 6.45) is 0. The molecule has 3 aromatic rings. The fraction of sp³-hybridized carbons (Fsp3) is 0.389.